The van der Waals surface area contributed by atoms with Crippen LogP contribution in [0.1, 0.15) is 0 Å². The van der Waals surface area contributed by atoms with E-state index in [0.29, 0.717) is 5.82 Å². The third kappa shape index (κ3) is 1.71. The molecule has 0 spiro atoms. The Kier molecular flexibility index (Phi) is 2.22. The fourth-order valence-electron chi connectivity index (χ4n) is 1.68. The second-order valence-electron chi connectivity index (χ2n) is 3.74. The fraction of sp³-hybridized carbons (Fsp3) is 0.0833. The number of tetrazole rings is 1. The van der Waals surface area contributed by atoms with Crippen molar-refractivity contribution in [1.29, 1.82) is 0 Å². The Hall–Kier alpha value is -2.43. The number of benzene rings is 1. The van der Waals surface area contributed by atoms with E-state index in [9.17, 15) is 0 Å². The van der Waals surface area contributed by atoms with Gasteiger partial charge in [-0.05, 0) is 29.5 Å². The number of rotatable bonds is 2. The summed E-state index contributed by atoms with van der Waals surface area (Å²) < 4.78 is 1.96. The zero-order valence-corrected chi connectivity index (χ0v) is 9.35. The molecule has 0 unspecified atom stereocenters. The quantitative estimate of drug-likeness (QED) is 0.666. The predicted octanol–water partition coefficient (Wildman–Crippen LogP) is 1.67. The molecule has 3 rings (SSSR count). The Bertz CT molecular complexity index is 623. The molecule has 0 saturated heterocycles. The van der Waals surface area contributed by atoms with Gasteiger partial charge in [-0.25, -0.2) is 0 Å². The van der Waals surface area contributed by atoms with Crippen LogP contribution in [-0.4, -0.2) is 24.8 Å². The van der Waals surface area contributed by atoms with Crippen molar-refractivity contribution in [2.75, 3.05) is 0 Å². The van der Waals surface area contributed by atoms with Crippen molar-refractivity contribution >= 4 is 0 Å². The van der Waals surface area contributed by atoms with Crippen molar-refractivity contribution in [3.8, 4) is 17.2 Å². The summed E-state index contributed by atoms with van der Waals surface area (Å²) in [4.78, 5) is 1.53. The van der Waals surface area contributed by atoms with Gasteiger partial charge in [0.2, 0.25) is 5.82 Å². The summed E-state index contributed by atoms with van der Waals surface area (Å²) in [5.41, 5.74) is 1.85. The minimum absolute atomic E-state index is 0.626. The molecule has 0 aliphatic heterocycles. The van der Waals surface area contributed by atoms with Crippen LogP contribution in [0.3, 0.4) is 0 Å². The summed E-state index contributed by atoms with van der Waals surface area (Å²) in [7, 11) is 1.96. The first-order valence-electron chi connectivity index (χ1n) is 5.32. The summed E-state index contributed by atoms with van der Waals surface area (Å²) >= 11 is 0. The van der Waals surface area contributed by atoms with E-state index in [-0.39, 0.29) is 0 Å². The van der Waals surface area contributed by atoms with E-state index in [0.717, 1.165) is 11.4 Å². The van der Waals surface area contributed by atoms with Gasteiger partial charge in [-0.15, -0.1) is 15.0 Å². The normalized spacial score (nSPS) is 10.6. The standard InChI is InChI=1S/C12H11N5/c1-16-9-5-8-11(16)12-13-15-17(14-12)10-6-3-2-4-7-10/h2-9H,1H3. The molecule has 0 aliphatic rings. The fourth-order valence-corrected chi connectivity index (χ4v) is 1.68. The van der Waals surface area contributed by atoms with Gasteiger partial charge in [-0.2, -0.15) is 0 Å². The Morgan fingerprint density at radius 2 is 1.82 bits per heavy atom. The van der Waals surface area contributed by atoms with Gasteiger partial charge >= 0.3 is 0 Å². The van der Waals surface area contributed by atoms with Crippen molar-refractivity contribution in [3.63, 3.8) is 0 Å². The van der Waals surface area contributed by atoms with E-state index in [1.165, 1.54) is 4.80 Å². The molecule has 3 aromatic rings. The summed E-state index contributed by atoms with van der Waals surface area (Å²) in [6.07, 6.45) is 1.96. The highest BCUT2D eigenvalue weighted by atomic mass is 15.6. The van der Waals surface area contributed by atoms with E-state index in [2.05, 4.69) is 15.4 Å². The van der Waals surface area contributed by atoms with Gasteiger partial charge in [0.1, 0.15) is 0 Å². The van der Waals surface area contributed by atoms with Crippen LogP contribution in [-0.2, 0) is 7.05 Å². The molecule has 0 bridgehead atoms. The highest BCUT2D eigenvalue weighted by Crippen LogP contribution is 2.14. The third-order valence-corrected chi connectivity index (χ3v) is 2.57. The Balaban J connectivity index is 2.02. The number of aromatic nitrogens is 5. The molecule has 5 nitrogen and oxygen atoms in total. The predicted molar refractivity (Wildman–Crippen MR) is 63.6 cm³/mol. The SMILES string of the molecule is Cn1cccc1-c1nnn(-c2ccccc2)n1. The molecule has 0 aliphatic carbocycles. The van der Waals surface area contributed by atoms with Crippen LogP contribution in [0.4, 0.5) is 0 Å². The lowest BCUT2D eigenvalue weighted by atomic mass is 10.3. The molecule has 0 radical (unpaired) electrons. The first kappa shape index (κ1) is 9.77. The Morgan fingerprint density at radius 3 is 2.53 bits per heavy atom. The van der Waals surface area contributed by atoms with E-state index >= 15 is 0 Å². The lowest BCUT2D eigenvalue weighted by molar-refractivity contribution is 0.720. The second-order valence-corrected chi connectivity index (χ2v) is 3.74. The molecule has 84 valence electrons. The van der Waals surface area contributed by atoms with E-state index in [4.69, 9.17) is 0 Å². The summed E-state index contributed by atoms with van der Waals surface area (Å²) in [6.45, 7) is 0. The van der Waals surface area contributed by atoms with Gasteiger partial charge < -0.3 is 4.57 Å². The summed E-state index contributed by atoms with van der Waals surface area (Å²) in [5.74, 6) is 0.626. The van der Waals surface area contributed by atoms with E-state index in [1.54, 1.807) is 0 Å². The maximum absolute atomic E-state index is 4.36. The van der Waals surface area contributed by atoms with Crippen molar-refractivity contribution in [1.82, 2.24) is 24.8 Å². The zero-order valence-electron chi connectivity index (χ0n) is 9.35. The lowest BCUT2D eigenvalue weighted by Crippen LogP contribution is -1.98. The minimum atomic E-state index is 0.626. The molecular weight excluding hydrogens is 214 g/mol. The molecule has 2 aromatic heterocycles. The Labute approximate surface area is 98.3 Å². The smallest absolute Gasteiger partial charge is 0.221 e. The topological polar surface area (TPSA) is 48.5 Å². The first-order chi connectivity index (χ1) is 8.34. The van der Waals surface area contributed by atoms with Crippen LogP contribution in [0.2, 0.25) is 0 Å². The van der Waals surface area contributed by atoms with Crippen LogP contribution < -0.4 is 0 Å². The van der Waals surface area contributed by atoms with Gasteiger partial charge in [-0.3, -0.25) is 0 Å². The molecule has 2 heterocycles. The monoisotopic (exact) mass is 225 g/mol. The maximum Gasteiger partial charge on any atom is 0.221 e. The summed E-state index contributed by atoms with van der Waals surface area (Å²) in [5, 5.41) is 12.5. The highest BCUT2D eigenvalue weighted by Gasteiger charge is 2.08. The molecular formula is C12H11N5. The van der Waals surface area contributed by atoms with E-state index in [1.807, 2.05) is 60.3 Å². The minimum Gasteiger partial charge on any atom is -0.348 e. The molecule has 0 amide bonds. The van der Waals surface area contributed by atoms with E-state index < -0.39 is 0 Å². The average molecular weight is 225 g/mol. The molecule has 0 atom stereocenters. The van der Waals surface area contributed by atoms with Crippen LogP contribution >= 0.6 is 0 Å². The number of hydrogen-bond acceptors (Lipinski definition) is 3. The van der Waals surface area contributed by atoms with Gasteiger partial charge in [0, 0.05) is 13.2 Å². The number of para-hydroxylation sites is 1. The Morgan fingerprint density at radius 1 is 1.00 bits per heavy atom. The number of aryl methyl sites for hydroxylation is 1. The maximum atomic E-state index is 4.36. The van der Waals surface area contributed by atoms with Crippen LogP contribution in [0.15, 0.2) is 48.7 Å². The molecule has 5 heteroatoms. The molecule has 0 N–H and O–H groups in total. The summed E-state index contributed by atoms with van der Waals surface area (Å²) in [6, 6.07) is 13.7. The average Bonchev–Trinajstić information content (AvgIpc) is 2.98. The molecule has 0 fully saturated rings. The molecule has 0 saturated carbocycles. The number of nitrogens with zero attached hydrogens (tertiary/aromatic N) is 5. The largest absolute Gasteiger partial charge is 0.348 e. The van der Waals surface area contributed by atoms with Crippen molar-refractivity contribution in [2.45, 2.75) is 0 Å². The highest BCUT2D eigenvalue weighted by molar-refractivity contribution is 5.49. The third-order valence-electron chi connectivity index (χ3n) is 2.57. The van der Waals surface area contributed by atoms with Gasteiger partial charge in [0.15, 0.2) is 0 Å². The zero-order chi connectivity index (χ0) is 11.7. The van der Waals surface area contributed by atoms with Gasteiger partial charge in [0.25, 0.3) is 0 Å². The molecule has 17 heavy (non-hydrogen) atoms. The lowest BCUT2D eigenvalue weighted by Gasteiger charge is -1.97. The van der Waals surface area contributed by atoms with Gasteiger partial charge in [-0.1, -0.05) is 18.2 Å². The van der Waals surface area contributed by atoms with Crippen LogP contribution in [0, 0.1) is 0 Å². The van der Waals surface area contributed by atoms with Crippen molar-refractivity contribution < 1.29 is 0 Å². The number of hydrogen-bond donors (Lipinski definition) is 0. The first-order valence-corrected chi connectivity index (χ1v) is 5.32. The second kappa shape index (κ2) is 3.86. The van der Waals surface area contributed by atoms with Crippen LogP contribution in [0.5, 0.6) is 0 Å². The van der Waals surface area contributed by atoms with Crippen LogP contribution in [0.25, 0.3) is 17.2 Å². The van der Waals surface area contributed by atoms with Gasteiger partial charge in [0.05, 0.1) is 11.4 Å². The molecule has 1 aromatic carbocycles. The van der Waals surface area contributed by atoms with Crippen molar-refractivity contribution in [2.24, 2.45) is 7.05 Å². The van der Waals surface area contributed by atoms with Crippen molar-refractivity contribution in [3.05, 3.63) is 48.7 Å².